The lowest BCUT2D eigenvalue weighted by Crippen LogP contribution is -2.03. The summed E-state index contributed by atoms with van der Waals surface area (Å²) in [6.45, 7) is 2.83. The zero-order valence-electron chi connectivity index (χ0n) is 7.51. The van der Waals surface area contributed by atoms with Crippen LogP contribution in [0.1, 0.15) is 11.1 Å². The zero-order chi connectivity index (χ0) is 9.10. The van der Waals surface area contributed by atoms with Crippen molar-refractivity contribution in [3.8, 4) is 0 Å². The second-order valence-corrected chi connectivity index (χ2v) is 3.05. The van der Waals surface area contributed by atoms with Crippen molar-refractivity contribution in [1.29, 1.82) is 0 Å². The van der Waals surface area contributed by atoms with Crippen molar-refractivity contribution in [1.82, 2.24) is 15.0 Å². The summed E-state index contributed by atoms with van der Waals surface area (Å²) in [6, 6.07) is 8.36. The quantitative estimate of drug-likeness (QED) is 0.691. The predicted molar refractivity (Wildman–Crippen MR) is 50.3 cm³/mol. The van der Waals surface area contributed by atoms with Gasteiger partial charge in [0, 0.05) is 0 Å². The molecule has 0 bridgehead atoms. The Labute approximate surface area is 77.0 Å². The van der Waals surface area contributed by atoms with Crippen LogP contribution < -0.4 is 0 Å². The van der Waals surface area contributed by atoms with Crippen molar-refractivity contribution >= 4 is 0 Å². The highest BCUT2D eigenvalue weighted by Crippen LogP contribution is 2.04. The molecule has 13 heavy (non-hydrogen) atoms. The van der Waals surface area contributed by atoms with E-state index in [0.717, 1.165) is 6.54 Å². The van der Waals surface area contributed by atoms with E-state index in [9.17, 15) is 0 Å². The fourth-order valence-electron chi connectivity index (χ4n) is 1.30. The fraction of sp³-hybridized carbons (Fsp3) is 0.200. The Balaban J connectivity index is 2.19. The Kier molecular flexibility index (Phi) is 2.08. The molecule has 0 radical (unpaired) electrons. The van der Waals surface area contributed by atoms with Gasteiger partial charge in [0.2, 0.25) is 0 Å². The van der Waals surface area contributed by atoms with Crippen LogP contribution in [0.2, 0.25) is 0 Å². The highest BCUT2D eigenvalue weighted by atomic mass is 15.5. The summed E-state index contributed by atoms with van der Waals surface area (Å²) in [6.07, 6.45) is 3.38. The largest absolute Gasteiger partial charge is 0.180 e. The van der Waals surface area contributed by atoms with Crippen LogP contribution in [0.4, 0.5) is 0 Å². The van der Waals surface area contributed by atoms with E-state index in [2.05, 4.69) is 35.3 Å². The van der Waals surface area contributed by atoms with E-state index in [0.29, 0.717) is 0 Å². The van der Waals surface area contributed by atoms with Gasteiger partial charge in [-0.1, -0.05) is 29.8 Å². The molecule has 0 spiro atoms. The maximum Gasteiger partial charge on any atom is 0.0857 e. The van der Waals surface area contributed by atoms with Crippen molar-refractivity contribution in [2.45, 2.75) is 13.5 Å². The van der Waals surface area contributed by atoms with E-state index >= 15 is 0 Å². The molecule has 0 atom stereocenters. The van der Waals surface area contributed by atoms with Crippen molar-refractivity contribution < 1.29 is 0 Å². The number of hydrogen-bond donors (Lipinski definition) is 0. The first-order chi connectivity index (χ1) is 6.34. The first kappa shape index (κ1) is 7.98. The van der Waals surface area contributed by atoms with E-state index in [1.165, 1.54) is 11.1 Å². The van der Waals surface area contributed by atoms with Gasteiger partial charge in [-0.2, -0.15) is 15.0 Å². The second-order valence-electron chi connectivity index (χ2n) is 3.05. The number of hydrogen-bond acceptors (Lipinski definition) is 2. The first-order valence-corrected chi connectivity index (χ1v) is 4.24. The third kappa shape index (κ3) is 1.93. The maximum absolute atomic E-state index is 4.05. The lowest BCUT2D eigenvalue weighted by atomic mass is 10.1. The number of nitrogens with zero attached hydrogens (tertiary/aromatic N) is 3. The molecule has 66 valence electrons. The van der Waals surface area contributed by atoms with E-state index in [4.69, 9.17) is 0 Å². The second kappa shape index (κ2) is 3.39. The minimum absolute atomic E-state index is 0.745. The normalized spacial score (nSPS) is 10.2. The molecule has 0 unspecified atom stereocenters. The van der Waals surface area contributed by atoms with Crippen molar-refractivity contribution in [2.24, 2.45) is 0 Å². The number of aryl methyl sites for hydroxylation is 1. The topological polar surface area (TPSA) is 30.7 Å². The van der Waals surface area contributed by atoms with Crippen LogP contribution in [0.15, 0.2) is 36.7 Å². The van der Waals surface area contributed by atoms with Gasteiger partial charge in [-0.15, -0.1) is 0 Å². The molecular weight excluding hydrogens is 162 g/mol. The summed E-state index contributed by atoms with van der Waals surface area (Å²) in [4.78, 5) is 1.68. The number of rotatable bonds is 2. The van der Waals surface area contributed by atoms with Gasteiger partial charge >= 0.3 is 0 Å². The molecule has 1 aromatic heterocycles. The van der Waals surface area contributed by atoms with Crippen molar-refractivity contribution in [3.63, 3.8) is 0 Å². The highest BCUT2D eigenvalue weighted by molar-refractivity contribution is 5.21. The number of benzene rings is 1. The van der Waals surface area contributed by atoms with E-state index in [1.54, 1.807) is 17.2 Å². The summed E-state index contributed by atoms with van der Waals surface area (Å²) in [7, 11) is 0. The van der Waals surface area contributed by atoms with Crippen LogP contribution in [-0.4, -0.2) is 15.0 Å². The van der Waals surface area contributed by atoms with Gasteiger partial charge in [0.1, 0.15) is 0 Å². The summed E-state index contributed by atoms with van der Waals surface area (Å²) < 4.78 is 0. The summed E-state index contributed by atoms with van der Waals surface area (Å²) in [5, 5.41) is 8.09. The fourth-order valence-corrected chi connectivity index (χ4v) is 1.30. The van der Waals surface area contributed by atoms with Crippen LogP contribution in [0, 0.1) is 6.92 Å². The van der Waals surface area contributed by atoms with Crippen LogP contribution in [0.25, 0.3) is 0 Å². The SMILES string of the molecule is Cc1cccc(Cn2nccn2)c1. The van der Waals surface area contributed by atoms with E-state index in [-0.39, 0.29) is 0 Å². The third-order valence-corrected chi connectivity index (χ3v) is 1.87. The maximum atomic E-state index is 4.05. The summed E-state index contributed by atoms with van der Waals surface area (Å²) >= 11 is 0. The Morgan fingerprint density at radius 1 is 1.23 bits per heavy atom. The molecule has 0 saturated carbocycles. The van der Waals surface area contributed by atoms with Gasteiger partial charge in [0.25, 0.3) is 0 Å². The highest BCUT2D eigenvalue weighted by Gasteiger charge is 1.95. The molecule has 3 nitrogen and oxygen atoms in total. The summed E-state index contributed by atoms with van der Waals surface area (Å²) in [5.74, 6) is 0. The van der Waals surface area contributed by atoms with E-state index in [1.807, 2.05) is 6.07 Å². The number of aromatic nitrogens is 3. The van der Waals surface area contributed by atoms with Crippen LogP contribution in [0.5, 0.6) is 0 Å². The van der Waals surface area contributed by atoms with Gasteiger partial charge < -0.3 is 0 Å². The molecule has 2 rings (SSSR count). The smallest absolute Gasteiger partial charge is 0.0857 e. The molecule has 0 fully saturated rings. The standard InChI is InChI=1S/C10H11N3/c1-9-3-2-4-10(7-9)8-13-11-5-6-12-13/h2-7H,8H2,1H3. The Bertz CT molecular complexity index is 379. The molecule has 0 saturated heterocycles. The monoisotopic (exact) mass is 173 g/mol. The predicted octanol–water partition coefficient (Wildman–Crippen LogP) is 1.63. The molecule has 0 N–H and O–H groups in total. The first-order valence-electron chi connectivity index (χ1n) is 4.24. The Morgan fingerprint density at radius 3 is 2.69 bits per heavy atom. The van der Waals surface area contributed by atoms with Gasteiger partial charge in [-0.05, 0) is 12.5 Å². The minimum Gasteiger partial charge on any atom is -0.180 e. The molecular formula is C10H11N3. The summed E-state index contributed by atoms with van der Waals surface area (Å²) in [5.41, 5.74) is 2.50. The van der Waals surface area contributed by atoms with Crippen LogP contribution >= 0.6 is 0 Å². The van der Waals surface area contributed by atoms with Crippen molar-refractivity contribution in [3.05, 3.63) is 47.8 Å². The Hall–Kier alpha value is -1.64. The third-order valence-electron chi connectivity index (χ3n) is 1.87. The van der Waals surface area contributed by atoms with E-state index < -0.39 is 0 Å². The molecule has 2 aromatic rings. The van der Waals surface area contributed by atoms with Crippen molar-refractivity contribution in [2.75, 3.05) is 0 Å². The average molecular weight is 173 g/mol. The molecule has 3 heteroatoms. The van der Waals surface area contributed by atoms with Crippen LogP contribution in [0.3, 0.4) is 0 Å². The Morgan fingerprint density at radius 2 is 2.00 bits per heavy atom. The van der Waals surface area contributed by atoms with Gasteiger partial charge in [-0.25, -0.2) is 0 Å². The minimum atomic E-state index is 0.745. The molecule has 0 amide bonds. The molecule has 0 aliphatic carbocycles. The lowest BCUT2D eigenvalue weighted by molar-refractivity contribution is 0.591. The van der Waals surface area contributed by atoms with Crippen LogP contribution in [-0.2, 0) is 6.54 Å². The molecule has 0 aliphatic rings. The van der Waals surface area contributed by atoms with Gasteiger partial charge in [0.05, 0.1) is 18.9 Å². The molecule has 0 aliphatic heterocycles. The average Bonchev–Trinajstić information content (AvgIpc) is 2.57. The lowest BCUT2D eigenvalue weighted by Gasteiger charge is -2.00. The van der Waals surface area contributed by atoms with Gasteiger partial charge in [0.15, 0.2) is 0 Å². The molecule has 1 aromatic carbocycles. The molecule has 1 heterocycles. The van der Waals surface area contributed by atoms with Gasteiger partial charge in [-0.3, -0.25) is 0 Å². The zero-order valence-corrected chi connectivity index (χ0v) is 7.51.